The quantitative estimate of drug-likeness (QED) is 0.713. The van der Waals surface area contributed by atoms with Gasteiger partial charge in [-0.15, -0.1) is 0 Å². The third kappa shape index (κ3) is 2.85. The lowest BCUT2D eigenvalue weighted by atomic mass is 10.1. The number of anilines is 1. The molecule has 24 heavy (non-hydrogen) atoms. The van der Waals surface area contributed by atoms with Crippen LogP contribution in [-0.2, 0) is 0 Å². The fourth-order valence-corrected chi connectivity index (χ4v) is 3.06. The third-order valence-corrected chi connectivity index (χ3v) is 4.44. The van der Waals surface area contributed by atoms with Crippen LogP contribution in [0.3, 0.4) is 0 Å². The second-order valence-electron chi connectivity index (χ2n) is 5.65. The normalized spacial score (nSPS) is 14.0. The minimum atomic E-state index is -0.433. The average molecular weight is 363 g/mol. The summed E-state index contributed by atoms with van der Waals surface area (Å²) in [6.07, 6.45) is 5.53. The number of nitrogens with one attached hydrogen (secondary N) is 1. The lowest BCUT2D eigenvalue weighted by Gasteiger charge is -2.16. The summed E-state index contributed by atoms with van der Waals surface area (Å²) >= 11 is 12.7. The lowest BCUT2D eigenvalue weighted by Crippen LogP contribution is -2.09. The van der Waals surface area contributed by atoms with Gasteiger partial charge in [-0.1, -0.05) is 29.3 Å². The van der Waals surface area contributed by atoms with Gasteiger partial charge in [0.2, 0.25) is 0 Å². The average Bonchev–Trinajstić information content (AvgIpc) is 3.19. The fraction of sp³-hybridized carbons (Fsp3) is 0.176. The smallest absolute Gasteiger partial charge is 0.157 e. The number of aromatic nitrogens is 3. The van der Waals surface area contributed by atoms with E-state index in [1.54, 1.807) is 41.3 Å². The Labute approximate surface area is 148 Å². The highest BCUT2D eigenvalue weighted by Crippen LogP contribution is 2.41. The molecule has 1 aromatic carbocycles. The van der Waals surface area contributed by atoms with E-state index >= 15 is 0 Å². The number of benzene rings is 1. The molecule has 0 amide bonds. The lowest BCUT2D eigenvalue weighted by molar-refractivity contribution is 0.631. The van der Waals surface area contributed by atoms with Crippen molar-refractivity contribution in [2.75, 3.05) is 5.32 Å². The molecule has 1 saturated carbocycles. The standard InChI is InChI=1S/C17H13Cl2FN4/c18-11-3-1-4-13(20)15(11)16-12(19)9-14(24-8-2-7-21-24)23-17(16)22-10-5-6-10/h1-4,7-10H,5-6H2,(H,22,23). The van der Waals surface area contributed by atoms with E-state index in [2.05, 4.69) is 15.4 Å². The molecule has 0 atom stereocenters. The molecule has 0 spiro atoms. The Hall–Kier alpha value is -2.11. The first-order valence-corrected chi connectivity index (χ1v) is 8.30. The molecule has 3 aromatic rings. The van der Waals surface area contributed by atoms with Crippen molar-refractivity contribution in [2.24, 2.45) is 0 Å². The summed E-state index contributed by atoms with van der Waals surface area (Å²) in [5, 5.41) is 8.15. The summed E-state index contributed by atoms with van der Waals surface area (Å²) in [5.74, 6) is 0.642. The van der Waals surface area contributed by atoms with Gasteiger partial charge in [-0.2, -0.15) is 5.10 Å². The summed E-state index contributed by atoms with van der Waals surface area (Å²) in [4.78, 5) is 4.59. The molecule has 7 heteroatoms. The molecule has 2 heterocycles. The van der Waals surface area contributed by atoms with Crippen molar-refractivity contribution in [3.8, 4) is 16.9 Å². The van der Waals surface area contributed by atoms with Crippen molar-refractivity contribution in [2.45, 2.75) is 18.9 Å². The number of halogens is 3. The monoisotopic (exact) mass is 362 g/mol. The topological polar surface area (TPSA) is 42.7 Å². The Morgan fingerprint density at radius 1 is 1.12 bits per heavy atom. The SMILES string of the molecule is Fc1cccc(Cl)c1-c1c(Cl)cc(-n2cccn2)nc1NC1CC1. The van der Waals surface area contributed by atoms with Gasteiger partial charge in [0.25, 0.3) is 0 Å². The van der Waals surface area contributed by atoms with Gasteiger partial charge < -0.3 is 5.32 Å². The first kappa shape index (κ1) is 15.4. The van der Waals surface area contributed by atoms with E-state index in [0.29, 0.717) is 33.3 Å². The van der Waals surface area contributed by atoms with Crippen LogP contribution in [0.1, 0.15) is 12.8 Å². The molecule has 122 valence electrons. The molecule has 0 saturated heterocycles. The zero-order valence-electron chi connectivity index (χ0n) is 12.5. The van der Waals surface area contributed by atoms with E-state index in [9.17, 15) is 4.39 Å². The van der Waals surface area contributed by atoms with Crippen molar-refractivity contribution in [1.29, 1.82) is 0 Å². The highest BCUT2D eigenvalue weighted by atomic mass is 35.5. The van der Waals surface area contributed by atoms with Gasteiger partial charge in [0, 0.05) is 35.6 Å². The van der Waals surface area contributed by atoms with E-state index in [0.717, 1.165) is 12.8 Å². The second-order valence-corrected chi connectivity index (χ2v) is 6.47. The number of hydrogen-bond acceptors (Lipinski definition) is 3. The Balaban J connectivity index is 1.92. The van der Waals surface area contributed by atoms with Gasteiger partial charge in [0.1, 0.15) is 11.6 Å². The third-order valence-electron chi connectivity index (χ3n) is 3.83. The number of rotatable bonds is 4. The molecule has 4 rings (SSSR count). The summed E-state index contributed by atoms with van der Waals surface area (Å²) in [5.41, 5.74) is 0.731. The van der Waals surface area contributed by atoms with Gasteiger partial charge >= 0.3 is 0 Å². The molecule has 1 fully saturated rings. The van der Waals surface area contributed by atoms with E-state index in [1.165, 1.54) is 6.07 Å². The van der Waals surface area contributed by atoms with E-state index in [-0.39, 0.29) is 5.56 Å². The van der Waals surface area contributed by atoms with Crippen LogP contribution >= 0.6 is 23.2 Å². The molecule has 2 aromatic heterocycles. The molecule has 1 N–H and O–H groups in total. The van der Waals surface area contributed by atoms with Crippen LogP contribution in [0.4, 0.5) is 10.2 Å². The van der Waals surface area contributed by atoms with Crippen molar-refractivity contribution < 1.29 is 4.39 Å². The van der Waals surface area contributed by atoms with Gasteiger partial charge in [-0.25, -0.2) is 14.1 Å². The van der Waals surface area contributed by atoms with Crippen LogP contribution in [0.25, 0.3) is 16.9 Å². The van der Waals surface area contributed by atoms with E-state index in [4.69, 9.17) is 23.2 Å². The number of pyridine rings is 1. The molecule has 0 unspecified atom stereocenters. The van der Waals surface area contributed by atoms with Crippen LogP contribution in [0.5, 0.6) is 0 Å². The predicted molar refractivity (Wildman–Crippen MR) is 93.4 cm³/mol. The van der Waals surface area contributed by atoms with E-state index in [1.807, 2.05) is 0 Å². The molecule has 1 aliphatic carbocycles. The summed E-state index contributed by atoms with van der Waals surface area (Å²) < 4.78 is 16.0. The zero-order valence-corrected chi connectivity index (χ0v) is 14.0. The first-order valence-electron chi connectivity index (χ1n) is 7.55. The van der Waals surface area contributed by atoms with Crippen LogP contribution in [0.15, 0.2) is 42.7 Å². The minimum absolute atomic E-state index is 0.256. The Morgan fingerprint density at radius 2 is 1.96 bits per heavy atom. The van der Waals surface area contributed by atoms with Crippen LogP contribution < -0.4 is 5.32 Å². The Morgan fingerprint density at radius 3 is 2.62 bits per heavy atom. The Kier molecular flexibility index (Phi) is 3.90. The van der Waals surface area contributed by atoms with Crippen LogP contribution in [0, 0.1) is 5.82 Å². The molecular formula is C17H13Cl2FN4. The maximum absolute atomic E-state index is 14.4. The maximum Gasteiger partial charge on any atom is 0.157 e. The first-order chi connectivity index (χ1) is 11.6. The van der Waals surface area contributed by atoms with Gasteiger partial charge in [-0.3, -0.25) is 0 Å². The van der Waals surface area contributed by atoms with Crippen LogP contribution in [0.2, 0.25) is 10.0 Å². The molecule has 0 aliphatic heterocycles. The predicted octanol–water partition coefficient (Wildman–Crippen LogP) is 4.95. The summed E-state index contributed by atoms with van der Waals surface area (Å²) in [6, 6.07) is 8.34. The highest BCUT2D eigenvalue weighted by molar-refractivity contribution is 6.37. The summed E-state index contributed by atoms with van der Waals surface area (Å²) in [7, 11) is 0. The van der Waals surface area contributed by atoms with Gasteiger partial charge in [-0.05, 0) is 31.0 Å². The highest BCUT2D eigenvalue weighted by Gasteiger charge is 2.26. The van der Waals surface area contributed by atoms with Gasteiger partial charge in [0.05, 0.1) is 10.0 Å². The van der Waals surface area contributed by atoms with Gasteiger partial charge in [0.15, 0.2) is 5.82 Å². The molecule has 1 aliphatic rings. The van der Waals surface area contributed by atoms with Crippen molar-refractivity contribution in [3.63, 3.8) is 0 Å². The zero-order chi connectivity index (χ0) is 16.7. The molecule has 0 radical (unpaired) electrons. The molecular weight excluding hydrogens is 350 g/mol. The molecule has 4 nitrogen and oxygen atoms in total. The summed E-state index contributed by atoms with van der Waals surface area (Å²) in [6.45, 7) is 0. The fourth-order valence-electron chi connectivity index (χ4n) is 2.52. The van der Waals surface area contributed by atoms with Crippen molar-refractivity contribution in [1.82, 2.24) is 14.8 Å². The number of nitrogens with zero attached hydrogens (tertiary/aromatic N) is 3. The van der Waals surface area contributed by atoms with E-state index < -0.39 is 5.82 Å². The van der Waals surface area contributed by atoms with Crippen molar-refractivity contribution >= 4 is 29.0 Å². The Bertz CT molecular complexity index is 872. The maximum atomic E-state index is 14.4. The second kappa shape index (κ2) is 6.07. The largest absolute Gasteiger partial charge is 0.367 e. The number of hydrogen-bond donors (Lipinski definition) is 1. The minimum Gasteiger partial charge on any atom is -0.367 e. The van der Waals surface area contributed by atoms with Crippen molar-refractivity contribution in [3.05, 3.63) is 58.6 Å². The van der Waals surface area contributed by atoms with Crippen LogP contribution in [-0.4, -0.2) is 20.8 Å². The molecule has 0 bridgehead atoms.